The number of nitrogens with two attached hydrogens (primary N) is 1. The van der Waals surface area contributed by atoms with Gasteiger partial charge >= 0.3 is 0 Å². The smallest absolute Gasteiger partial charge is 0.163 e. The zero-order valence-corrected chi connectivity index (χ0v) is 8.36. The average molecular weight is 215 g/mol. The summed E-state index contributed by atoms with van der Waals surface area (Å²) in [6, 6.07) is 0.630. The van der Waals surface area contributed by atoms with E-state index in [2.05, 4.69) is 6.58 Å². The van der Waals surface area contributed by atoms with Crippen molar-refractivity contribution in [2.24, 2.45) is 5.73 Å². The lowest BCUT2D eigenvalue weighted by atomic mass is 10.0. The Morgan fingerprint density at radius 1 is 1.40 bits per heavy atom. The zero-order chi connectivity index (χ0) is 11.6. The van der Waals surface area contributed by atoms with Crippen LogP contribution in [0.4, 0.5) is 13.2 Å². The SMILES string of the molecule is C=C(C)C[C@H](N)c1cc(F)cc(F)c1F. The highest BCUT2D eigenvalue weighted by atomic mass is 19.2. The van der Waals surface area contributed by atoms with E-state index in [1.807, 2.05) is 0 Å². The maximum Gasteiger partial charge on any atom is 0.163 e. The van der Waals surface area contributed by atoms with E-state index in [1.54, 1.807) is 6.92 Å². The molecule has 0 saturated heterocycles. The number of hydrogen-bond donors (Lipinski definition) is 1. The summed E-state index contributed by atoms with van der Waals surface area (Å²) < 4.78 is 38.9. The Morgan fingerprint density at radius 3 is 2.53 bits per heavy atom. The van der Waals surface area contributed by atoms with Crippen LogP contribution in [0, 0.1) is 17.5 Å². The van der Waals surface area contributed by atoms with Gasteiger partial charge in [-0.1, -0.05) is 5.57 Å². The molecule has 4 heteroatoms. The number of rotatable bonds is 3. The first-order valence-corrected chi connectivity index (χ1v) is 4.46. The topological polar surface area (TPSA) is 26.0 Å². The van der Waals surface area contributed by atoms with E-state index in [0.29, 0.717) is 12.5 Å². The van der Waals surface area contributed by atoms with Crippen LogP contribution in [0.3, 0.4) is 0 Å². The van der Waals surface area contributed by atoms with Gasteiger partial charge in [-0.25, -0.2) is 13.2 Å². The van der Waals surface area contributed by atoms with Crippen LogP contribution < -0.4 is 5.73 Å². The highest BCUT2D eigenvalue weighted by molar-refractivity contribution is 5.24. The van der Waals surface area contributed by atoms with E-state index < -0.39 is 23.5 Å². The number of benzene rings is 1. The van der Waals surface area contributed by atoms with Crippen LogP contribution >= 0.6 is 0 Å². The molecular weight excluding hydrogens is 203 g/mol. The molecule has 0 aliphatic carbocycles. The van der Waals surface area contributed by atoms with Gasteiger partial charge in [-0.3, -0.25) is 0 Å². The van der Waals surface area contributed by atoms with Crippen molar-refractivity contribution < 1.29 is 13.2 Å². The molecule has 1 aromatic carbocycles. The minimum atomic E-state index is -1.22. The molecule has 1 rings (SSSR count). The van der Waals surface area contributed by atoms with Crippen molar-refractivity contribution in [3.8, 4) is 0 Å². The first kappa shape index (κ1) is 11.8. The van der Waals surface area contributed by atoms with Crippen LogP contribution in [0.25, 0.3) is 0 Å². The van der Waals surface area contributed by atoms with Gasteiger partial charge in [0, 0.05) is 17.7 Å². The van der Waals surface area contributed by atoms with E-state index in [1.165, 1.54) is 0 Å². The van der Waals surface area contributed by atoms with Gasteiger partial charge in [0.25, 0.3) is 0 Å². The second-order valence-electron chi connectivity index (χ2n) is 3.56. The van der Waals surface area contributed by atoms with E-state index in [4.69, 9.17) is 5.73 Å². The zero-order valence-electron chi connectivity index (χ0n) is 8.36. The molecule has 2 N–H and O–H groups in total. The lowest BCUT2D eigenvalue weighted by Gasteiger charge is -2.13. The number of hydrogen-bond acceptors (Lipinski definition) is 1. The normalized spacial score (nSPS) is 12.6. The standard InChI is InChI=1S/C11H12F3N/c1-6(2)3-10(15)8-4-7(12)5-9(13)11(8)14/h4-5,10H,1,3,15H2,2H3/t10-/m0/s1. The van der Waals surface area contributed by atoms with Crippen molar-refractivity contribution in [3.05, 3.63) is 47.3 Å². The van der Waals surface area contributed by atoms with E-state index in [9.17, 15) is 13.2 Å². The van der Waals surface area contributed by atoms with Crippen molar-refractivity contribution in [1.29, 1.82) is 0 Å². The Morgan fingerprint density at radius 2 is 2.00 bits per heavy atom. The molecule has 0 saturated carbocycles. The Bertz CT molecular complexity index is 388. The second kappa shape index (κ2) is 4.49. The Kier molecular flexibility index (Phi) is 3.52. The van der Waals surface area contributed by atoms with Gasteiger partial charge in [-0.2, -0.15) is 0 Å². The summed E-state index contributed by atoms with van der Waals surface area (Å²) in [5, 5.41) is 0. The minimum absolute atomic E-state index is 0.157. The van der Waals surface area contributed by atoms with Gasteiger partial charge in [0.1, 0.15) is 5.82 Å². The van der Waals surface area contributed by atoms with E-state index in [0.717, 1.165) is 11.6 Å². The summed E-state index contributed by atoms with van der Waals surface area (Å²) in [4.78, 5) is 0. The summed E-state index contributed by atoms with van der Waals surface area (Å²) in [6.07, 6.45) is 0.291. The van der Waals surface area contributed by atoms with Crippen LogP contribution in [-0.4, -0.2) is 0 Å². The van der Waals surface area contributed by atoms with Crippen molar-refractivity contribution in [1.82, 2.24) is 0 Å². The van der Waals surface area contributed by atoms with Crippen molar-refractivity contribution in [2.75, 3.05) is 0 Å². The second-order valence-corrected chi connectivity index (χ2v) is 3.56. The molecule has 0 aromatic heterocycles. The van der Waals surface area contributed by atoms with Gasteiger partial charge in [0.15, 0.2) is 11.6 Å². The summed E-state index contributed by atoms with van der Waals surface area (Å²) >= 11 is 0. The van der Waals surface area contributed by atoms with Gasteiger partial charge in [0.2, 0.25) is 0 Å². The van der Waals surface area contributed by atoms with Gasteiger partial charge in [-0.05, 0) is 19.4 Å². The third-order valence-corrected chi connectivity index (χ3v) is 1.99. The molecule has 0 heterocycles. The van der Waals surface area contributed by atoms with Crippen LogP contribution in [0.15, 0.2) is 24.3 Å². The molecule has 1 aromatic rings. The monoisotopic (exact) mass is 215 g/mol. The molecule has 1 nitrogen and oxygen atoms in total. The maximum atomic E-state index is 13.2. The molecule has 0 aliphatic rings. The molecule has 0 fully saturated rings. The molecule has 0 amide bonds. The summed E-state index contributed by atoms with van der Waals surface area (Å²) in [6.45, 7) is 5.32. The molecule has 0 unspecified atom stereocenters. The Balaban J connectivity index is 3.07. The largest absolute Gasteiger partial charge is 0.324 e. The summed E-state index contributed by atoms with van der Waals surface area (Å²) in [5.74, 6) is -3.15. The van der Waals surface area contributed by atoms with Crippen molar-refractivity contribution in [3.63, 3.8) is 0 Å². The molecule has 0 radical (unpaired) electrons. The summed E-state index contributed by atoms with van der Waals surface area (Å²) in [5.41, 5.74) is 6.17. The van der Waals surface area contributed by atoms with E-state index in [-0.39, 0.29) is 5.56 Å². The third kappa shape index (κ3) is 2.83. The maximum absolute atomic E-state index is 13.2. The molecule has 1 atom stereocenters. The quantitative estimate of drug-likeness (QED) is 0.608. The first-order chi connectivity index (χ1) is 6.91. The van der Waals surface area contributed by atoms with Crippen LogP contribution in [0.5, 0.6) is 0 Å². The van der Waals surface area contributed by atoms with Gasteiger partial charge in [0.05, 0.1) is 0 Å². The van der Waals surface area contributed by atoms with Crippen LogP contribution in [0.1, 0.15) is 24.9 Å². The number of halogens is 3. The first-order valence-electron chi connectivity index (χ1n) is 4.46. The third-order valence-electron chi connectivity index (χ3n) is 1.99. The molecule has 82 valence electrons. The summed E-state index contributed by atoms with van der Waals surface area (Å²) in [7, 11) is 0. The van der Waals surface area contributed by atoms with Crippen molar-refractivity contribution in [2.45, 2.75) is 19.4 Å². The van der Waals surface area contributed by atoms with E-state index >= 15 is 0 Å². The predicted molar refractivity (Wildman–Crippen MR) is 52.7 cm³/mol. The highest BCUT2D eigenvalue weighted by Crippen LogP contribution is 2.23. The fraction of sp³-hybridized carbons (Fsp3) is 0.273. The fourth-order valence-corrected chi connectivity index (χ4v) is 1.33. The Labute approximate surface area is 86.4 Å². The molecule has 0 bridgehead atoms. The fourth-order valence-electron chi connectivity index (χ4n) is 1.33. The lowest BCUT2D eigenvalue weighted by Crippen LogP contribution is -2.13. The molecule has 0 aliphatic heterocycles. The highest BCUT2D eigenvalue weighted by Gasteiger charge is 2.16. The minimum Gasteiger partial charge on any atom is -0.324 e. The average Bonchev–Trinajstić information content (AvgIpc) is 2.09. The van der Waals surface area contributed by atoms with Gasteiger partial charge < -0.3 is 5.73 Å². The van der Waals surface area contributed by atoms with Crippen LogP contribution in [0.2, 0.25) is 0 Å². The molecule has 0 spiro atoms. The van der Waals surface area contributed by atoms with Gasteiger partial charge in [-0.15, -0.1) is 6.58 Å². The predicted octanol–water partition coefficient (Wildman–Crippen LogP) is 3.07. The molecule has 15 heavy (non-hydrogen) atoms. The molecular formula is C11H12F3N. The lowest BCUT2D eigenvalue weighted by molar-refractivity contribution is 0.474. The van der Waals surface area contributed by atoms with Crippen LogP contribution in [-0.2, 0) is 0 Å². The Hall–Kier alpha value is -1.29. The van der Waals surface area contributed by atoms with Crippen molar-refractivity contribution >= 4 is 0 Å².